The molecule has 0 aliphatic heterocycles. The molecule has 1 aromatic rings. The van der Waals surface area contributed by atoms with Gasteiger partial charge in [0.1, 0.15) is 28.4 Å². The number of phenolic OH excluding ortho intramolecular Hbond substituents is 1. The Bertz CT molecular complexity index is 445. The first-order chi connectivity index (χ1) is 8.28. The number of benzene rings is 1. The highest BCUT2D eigenvalue weighted by atomic mass is 16.6. The van der Waals surface area contributed by atoms with Crippen LogP contribution in [-0.4, -0.2) is 30.9 Å². The molecule has 5 heteroatoms. The largest absolute Gasteiger partial charge is 0.507 e. The van der Waals surface area contributed by atoms with Crippen molar-refractivity contribution in [3.63, 3.8) is 0 Å². The maximum Gasteiger partial charge on any atom is 0.346 e. The number of methoxy groups -OCH3 is 2. The van der Waals surface area contributed by atoms with Crippen molar-refractivity contribution in [3.05, 3.63) is 17.7 Å². The molecule has 0 aliphatic carbocycles. The molecular formula is C13H18O5. The summed E-state index contributed by atoms with van der Waals surface area (Å²) in [6.45, 7) is 5.24. The number of aromatic hydroxyl groups is 1. The highest BCUT2D eigenvalue weighted by Gasteiger charge is 2.25. The Balaban J connectivity index is 3.19. The van der Waals surface area contributed by atoms with Gasteiger partial charge in [-0.05, 0) is 20.8 Å². The molecule has 5 nitrogen and oxygen atoms in total. The Hall–Kier alpha value is -1.91. The van der Waals surface area contributed by atoms with Crippen LogP contribution < -0.4 is 9.47 Å². The van der Waals surface area contributed by atoms with Gasteiger partial charge >= 0.3 is 5.97 Å². The predicted molar refractivity (Wildman–Crippen MR) is 66.4 cm³/mol. The lowest BCUT2D eigenvalue weighted by atomic mass is 10.1. The SMILES string of the molecule is COc1cc(O)c(C(=O)OC(C)(C)C)c(OC)c1. The quantitative estimate of drug-likeness (QED) is 0.839. The lowest BCUT2D eigenvalue weighted by Gasteiger charge is -2.20. The van der Waals surface area contributed by atoms with Crippen molar-refractivity contribution in [3.8, 4) is 17.2 Å². The third-order valence-electron chi connectivity index (χ3n) is 2.11. The summed E-state index contributed by atoms with van der Waals surface area (Å²) < 4.78 is 15.2. The first-order valence-corrected chi connectivity index (χ1v) is 5.47. The Kier molecular flexibility index (Phi) is 4.06. The van der Waals surface area contributed by atoms with E-state index in [1.807, 2.05) is 0 Å². The van der Waals surface area contributed by atoms with Gasteiger partial charge in [0.05, 0.1) is 14.2 Å². The summed E-state index contributed by atoms with van der Waals surface area (Å²) in [5.74, 6) is -0.266. The molecule has 1 aromatic carbocycles. The van der Waals surface area contributed by atoms with E-state index in [1.165, 1.54) is 26.4 Å². The van der Waals surface area contributed by atoms with E-state index in [0.29, 0.717) is 5.75 Å². The standard InChI is InChI=1S/C13H18O5/c1-13(2,3)18-12(15)11-9(14)6-8(16-4)7-10(11)17-5/h6-7,14H,1-5H3. The Morgan fingerprint density at radius 1 is 1.17 bits per heavy atom. The van der Waals surface area contributed by atoms with Crippen molar-refractivity contribution in [2.75, 3.05) is 14.2 Å². The number of carbonyl (C=O) groups excluding carboxylic acids is 1. The van der Waals surface area contributed by atoms with Crippen LogP contribution in [0.4, 0.5) is 0 Å². The van der Waals surface area contributed by atoms with E-state index in [-0.39, 0.29) is 17.1 Å². The molecule has 0 saturated carbocycles. The first-order valence-electron chi connectivity index (χ1n) is 5.47. The molecular weight excluding hydrogens is 236 g/mol. The fraction of sp³-hybridized carbons (Fsp3) is 0.462. The summed E-state index contributed by atoms with van der Waals surface area (Å²) >= 11 is 0. The molecule has 0 saturated heterocycles. The van der Waals surface area contributed by atoms with Gasteiger partial charge in [0, 0.05) is 12.1 Å². The van der Waals surface area contributed by atoms with Gasteiger partial charge in [0.2, 0.25) is 0 Å². The van der Waals surface area contributed by atoms with Crippen molar-refractivity contribution >= 4 is 5.97 Å². The van der Waals surface area contributed by atoms with Crippen LogP contribution in [0, 0.1) is 0 Å². The normalized spacial score (nSPS) is 10.9. The summed E-state index contributed by atoms with van der Waals surface area (Å²) in [4.78, 5) is 12.0. The van der Waals surface area contributed by atoms with Gasteiger partial charge in [-0.2, -0.15) is 0 Å². The van der Waals surface area contributed by atoms with E-state index in [1.54, 1.807) is 20.8 Å². The van der Waals surface area contributed by atoms with Gasteiger partial charge in [-0.3, -0.25) is 0 Å². The van der Waals surface area contributed by atoms with Crippen molar-refractivity contribution in [1.29, 1.82) is 0 Å². The molecule has 18 heavy (non-hydrogen) atoms. The van der Waals surface area contributed by atoms with Crippen molar-refractivity contribution in [2.45, 2.75) is 26.4 Å². The van der Waals surface area contributed by atoms with E-state index in [9.17, 15) is 9.90 Å². The monoisotopic (exact) mass is 254 g/mol. The second-order valence-corrected chi connectivity index (χ2v) is 4.73. The predicted octanol–water partition coefficient (Wildman–Crippen LogP) is 2.36. The number of ether oxygens (including phenoxy) is 3. The van der Waals surface area contributed by atoms with Crippen LogP contribution >= 0.6 is 0 Å². The first kappa shape index (κ1) is 14.2. The molecule has 1 rings (SSSR count). The molecule has 0 bridgehead atoms. The highest BCUT2D eigenvalue weighted by Crippen LogP contribution is 2.34. The van der Waals surface area contributed by atoms with E-state index in [0.717, 1.165) is 0 Å². The summed E-state index contributed by atoms with van der Waals surface area (Å²) in [7, 11) is 2.86. The minimum atomic E-state index is -0.644. The summed E-state index contributed by atoms with van der Waals surface area (Å²) in [5.41, 5.74) is -0.651. The zero-order valence-corrected chi connectivity index (χ0v) is 11.2. The van der Waals surface area contributed by atoms with E-state index < -0.39 is 11.6 Å². The molecule has 0 heterocycles. The minimum Gasteiger partial charge on any atom is -0.507 e. The Labute approximate surface area is 106 Å². The van der Waals surface area contributed by atoms with Crippen LogP contribution in [-0.2, 0) is 4.74 Å². The van der Waals surface area contributed by atoms with Gasteiger partial charge in [-0.25, -0.2) is 4.79 Å². The fourth-order valence-corrected chi connectivity index (χ4v) is 1.39. The van der Waals surface area contributed by atoms with Gasteiger partial charge in [-0.15, -0.1) is 0 Å². The average Bonchev–Trinajstić information content (AvgIpc) is 2.24. The van der Waals surface area contributed by atoms with Crippen LogP contribution in [0.2, 0.25) is 0 Å². The van der Waals surface area contributed by atoms with E-state index in [4.69, 9.17) is 14.2 Å². The summed E-state index contributed by atoms with van der Waals surface area (Å²) in [5, 5.41) is 9.84. The number of phenols is 1. The fourth-order valence-electron chi connectivity index (χ4n) is 1.39. The number of rotatable bonds is 3. The molecule has 100 valence electrons. The van der Waals surface area contributed by atoms with Gasteiger partial charge < -0.3 is 19.3 Å². The minimum absolute atomic E-state index is 0.00627. The highest BCUT2D eigenvalue weighted by molar-refractivity contribution is 5.96. The molecule has 0 aromatic heterocycles. The third kappa shape index (κ3) is 3.29. The Morgan fingerprint density at radius 2 is 1.78 bits per heavy atom. The molecule has 0 radical (unpaired) electrons. The second-order valence-electron chi connectivity index (χ2n) is 4.73. The van der Waals surface area contributed by atoms with Crippen LogP contribution in [0.25, 0.3) is 0 Å². The van der Waals surface area contributed by atoms with Crippen molar-refractivity contribution < 1.29 is 24.1 Å². The van der Waals surface area contributed by atoms with Crippen LogP contribution in [0.1, 0.15) is 31.1 Å². The van der Waals surface area contributed by atoms with Gasteiger partial charge in [0.15, 0.2) is 0 Å². The summed E-state index contributed by atoms with van der Waals surface area (Å²) in [6, 6.07) is 2.85. The lowest BCUT2D eigenvalue weighted by molar-refractivity contribution is 0.00637. The topological polar surface area (TPSA) is 65.0 Å². The lowest BCUT2D eigenvalue weighted by Crippen LogP contribution is -2.24. The smallest absolute Gasteiger partial charge is 0.346 e. The molecule has 0 atom stereocenters. The molecule has 0 amide bonds. The van der Waals surface area contributed by atoms with Crippen molar-refractivity contribution in [2.24, 2.45) is 0 Å². The number of hydrogen-bond acceptors (Lipinski definition) is 5. The number of carbonyl (C=O) groups is 1. The van der Waals surface area contributed by atoms with Crippen LogP contribution in [0.15, 0.2) is 12.1 Å². The van der Waals surface area contributed by atoms with Crippen LogP contribution in [0.5, 0.6) is 17.2 Å². The van der Waals surface area contributed by atoms with Gasteiger partial charge in [0.25, 0.3) is 0 Å². The molecule has 0 unspecified atom stereocenters. The maximum absolute atomic E-state index is 12.0. The zero-order chi connectivity index (χ0) is 13.9. The number of esters is 1. The van der Waals surface area contributed by atoms with Crippen molar-refractivity contribution in [1.82, 2.24) is 0 Å². The third-order valence-corrected chi connectivity index (χ3v) is 2.11. The second kappa shape index (κ2) is 5.16. The summed E-state index contributed by atoms with van der Waals surface area (Å²) in [6.07, 6.45) is 0. The van der Waals surface area contributed by atoms with E-state index in [2.05, 4.69) is 0 Å². The molecule has 0 spiro atoms. The van der Waals surface area contributed by atoms with E-state index >= 15 is 0 Å². The number of hydrogen-bond donors (Lipinski definition) is 1. The molecule has 0 fully saturated rings. The van der Waals surface area contributed by atoms with Gasteiger partial charge in [-0.1, -0.05) is 0 Å². The Morgan fingerprint density at radius 3 is 2.22 bits per heavy atom. The zero-order valence-electron chi connectivity index (χ0n) is 11.2. The average molecular weight is 254 g/mol. The maximum atomic E-state index is 12.0. The molecule has 0 aliphatic rings. The van der Waals surface area contributed by atoms with Crippen LogP contribution in [0.3, 0.4) is 0 Å². The molecule has 1 N–H and O–H groups in total.